The van der Waals surface area contributed by atoms with Crippen molar-refractivity contribution in [2.75, 3.05) is 6.61 Å². The van der Waals surface area contributed by atoms with Crippen molar-refractivity contribution < 1.29 is 129 Å². The Balaban J connectivity index is 1.44. The number of esters is 5. The highest BCUT2D eigenvalue weighted by Crippen LogP contribution is 2.62. The molecule has 26 heteroatoms. The molecule has 0 spiro atoms. The van der Waals surface area contributed by atoms with Crippen LogP contribution in [0.25, 0.3) is 33.4 Å². The summed E-state index contributed by atoms with van der Waals surface area (Å²) >= 11 is 0. The molecule has 5 atom stereocenters. The van der Waals surface area contributed by atoms with Crippen LogP contribution in [-0.4, -0.2) is 143 Å². The van der Waals surface area contributed by atoms with Gasteiger partial charge in [-0.2, -0.15) is 0 Å². The van der Waals surface area contributed by atoms with Gasteiger partial charge in [-0.15, -0.1) is 0 Å². The summed E-state index contributed by atoms with van der Waals surface area (Å²) in [6.45, 7) is -1.51. The quantitative estimate of drug-likeness (QED) is 0.0591. The summed E-state index contributed by atoms with van der Waals surface area (Å²) in [5.41, 5.74) is -14.9. The van der Waals surface area contributed by atoms with Gasteiger partial charge in [-0.3, -0.25) is 0 Å². The fourth-order valence-electron chi connectivity index (χ4n) is 8.39. The molecule has 10 rings (SSSR count). The molecule has 5 aromatic carbocycles. The zero-order valence-corrected chi connectivity index (χ0v) is 32.6. The number of rotatable bonds is 0. The first-order valence-corrected chi connectivity index (χ1v) is 18.6. The van der Waals surface area contributed by atoms with Crippen LogP contribution in [0.3, 0.4) is 0 Å². The number of fused-ring (bicyclic) bond motifs is 7. The molecule has 0 aliphatic carbocycles. The third-order valence-corrected chi connectivity index (χ3v) is 11.4. The van der Waals surface area contributed by atoms with E-state index in [-0.39, 0.29) is 0 Å². The Hall–Kier alpha value is -9.59. The second-order valence-electron chi connectivity index (χ2n) is 15.0. The Labute approximate surface area is 367 Å². The van der Waals surface area contributed by atoms with E-state index < -0.39 is 220 Å². The lowest BCUT2D eigenvalue weighted by Crippen LogP contribution is -2.56. The predicted molar refractivity (Wildman–Crippen MR) is 206 cm³/mol. The van der Waals surface area contributed by atoms with Gasteiger partial charge in [0.25, 0.3) is 0 Å². The summed E-state index contributed by atoms with van der Waals surface area (Å²) < 4.78 is 27.8. The van der Waals surface area contributed by atoms with Crippen molar-refractivity contribution in [1.82, 2.24) is 0 Å². The maximum atomic E-state index is 15.0. The predicted octanol–water partition coefficient (Wildman–Crippen LogP) is 1.32. The fourth-order valence-corrected chi connectivity index (χ4v) is 8.39. The fraction of sp³-hybridized carbons (Fsp3) is 0.146. The van der Waals surface area contributed by atoms with E-state index in [1.807, 2.05) is 0 Å². The highest BCUT2D eigenvalue weighted by Gasteiger charge is 2.55. The summed E-state index contributed by atoms with van der Waals surface area (Å²) in [4.78, 5) is 72.4. The number of carbonyl (C=O) groups is 5. The van der Waals surface area contributed by atoms with Gasteiger partial charge in [-0.25, -0.2) is 24.0 Å². The van der Waals surface area contributed by atoms with Gasteiger partial charge in [0.2, 0.25) is 28.7 Å². The van der Waals surface area contributed by atoms with Crippen LogP contribution >= 0.6 is 0 Å². The van der Waals surface area contributed by atoms with Crippen molar-refractivity contribution in [3.63, 3.8) is 0 Å². The maximum absolute atomic E-state index is 15.0. The number of carbonyl (C=O) groups excluding carboxylic acids is 5. The molecular formula is C41H26O26. The van der Waals surface area contributed by atoms with Gasteiger partial charge in [0.1, 0.15) is 12.7 Å². The minimum Gasteiger partial charge on any atom is -0.504 e. The molecule has 5 aliphatic heterocycles. The van der Waals surface area contributed by atoms with Gasteiger partial charge in [0.05, 0.1) is 27.8 Å². The number of aliphatic hydroxyl groups excluding tert-OH is 1. The zero-order valence-electron chi connectivity index (χ0n) is 32.6. The first-order valence-electron chi connectivity index (χ1n) is 18.6. The second-order valence-corrected chi connectivity index (χ2v) is 15.0. The lowest BCUT2D eigenvalue weighted by Gasteiger charge is -2.40. The van der Waals surface area contributed by atoms with Crippen LogP contribution < -0.4 is 0 Å². The van der Waals surface area contributed by atoms with E-state index in [1.165, 1.54) is 0 Å². The molecule has 67 heavy (non-hydrogen) atoms. The Bertz CT molecular complexity index is 3190. The molecular weight excluding hydrogens is 908 g/mol. The molecule has 5 aliphatic rings. The van der Waals surface area contributed by atoms with E-state index in [2.05, 4.69) is 0 Å². The molecule has 0 fully saturated rings. The topological polar surface area (TPSA) is 455 Å². The number of cyclic esters (lactones) is 1. The maximum Gasteiger partial charge on any atom is 0.340 e. The molecule has 16 N–H and O–H groups in total. The summed E-state index contributed by atoms with van der Waals surface area (Å²) in [5.74, 6) is -32.1. The zero-order chi connectivity index (χ0) is 48.7. The largest absolute Gasteiger partial charge is 0.504 e. The third-order valence-electron chi connectivity index (χ3n) is 11.4. The molecule has 0 saturated heterocycles. The number of phenolic OH excluding ortho intramolecular Hbond substituents is 15. The minimum atomic E-state index is -2.79. The van der Waals surface area contributed by atoms with Gasteiger partial charge < -0.3 is 105 Å². The molecule has 6 bridgehead atoms. The van der Waals surface area contributed by atoms with Gasteiger partial charge in [-0.05, 0) is 18.2 Å². The summed E-state index contributed by atoms with van der Waals surface area (Å²) in [5, 5.41) is 177. The average Bonchev–Trinajstić information content (AvgIpc) is 3.30. The normalized spacial score (nSPS) is 20.6. The Morgan fingerprint density at radius 3 is 1.21 bits per heavy atom. The molecule has 346 valence electrons. The van der Waals surface area contributed by atoms with E-state index in [0.717, 1.165) is 0 Å². The van der Waals surface area contributed by atoms with Crippen LogP contribution in [0, 0.1) is 0 Å². The van der Waals surface area contributed by atoms with Crippen LogP contribution in [-0.2, 0) is 23.7 Å². The molecule has 0 unspecified atom stereocenters. The lowest BCUT2D eigenvalue weighted by atomic mass is 9.80. The number of benzene rings is 5. The first kappa shape index (κ1) is 42.7. The van der Waals surface area contributed by atoms with Crippen LogP contribution in [0.2, 0.25) is 0 Å². The van der Waals surface area contributed by atoms with Crippen LogP contribution in [0.5, 0.6) is 86.2 Å². The molecule has 0 radical (unpaired) electrons. The Morgan fingerprint density at radius 2 is 0.701 bits per heavy atom. The lowest BCUT2D eigenvalue weighted by molar-refractivity contribution is -0.154. The van der Waals surface area contributed by atoms with E-state index in [0.29, 0.717) is 18.2 Å². The molecule has 0 amide bonds. The number of phenols is 15. The van der Waals surface area contributed by atoms with Crippen molar-refractivity contribution in [2.24, 2.45) is 0 Å². The number of ether oxygens (including phenoxy) is 5. The van der Waals surface area contributed by atoms with Gasteiger partial charge >= 0.3 is 29.8 Å². The molecule has 0 aromatic heterocycles. The van der Waals surface area contributed by atoms with Crippen molar-refractivity contribution in [2.45, 2.75) is 30.5 Å². The van der Waals surface area contributed by atoms with E-state index in [4.69, 9.17) is 23.7 Å². The van der Waals surface area contributed by atoms with E-state index in [1.54, 1.807) is 0 Å². The standard InChI is InChI=1S/C41H26O26/c42-8-1-5-12(24(48)21(8)45)13-6(2-9(43)22(46)25(13)49)39(60)65-34-11(4-63-37(5)58)64-38(59)7-3-10(44)23(47)26(50)14(7)15-18-16(28(52)32(56)27(15)51)17-19-20(30(54)33(57)29(17)53)31(55)35(66-41(19)62)36(34)67-40(18)61/h1-3,11,31,34-36,42-57H,4H2/t11-,31-,34+,35-,36+/m0/s1. The van der Waals surface area contributed by atoms with Crippen molar-refractivity contribution in [3.8, 4) is 120 Å². The van der Waals surface area contributed by atoms with Crippen molar-refractivity contribution in [3.05, 3.63) is 51.6 Å². The van der Waals surface area contributed by atoms with Gasteiger partial charge in [0, 0.05) is 38.9 Å². The number of aromatic hydroxyl groups is 15. The summed E-state index contributed by atoms with van der Waals surface area (Å²) in [6, 6.07) is 1.07. The Morgan fingerprint density at radius 1 is 0.343 bits per heavy atom. The number of hydrogen-bond donors (Lipinski definition) is 16. The highest BCUT2D eigenvalue weighted by molar-refractivity contribution is 6.16. The van der Waals surface area contributed by atoms with Gasteiger partial charge in [0.15, 0.2) is 81.9 Å². The second kappa shape index (κ2) is 14.2. The number of hydrogen-bond acceptors (Lipinski definition) is 26. The summed E-state index contributed by atoms with van der Waals surface area (Å²) in [6.07, 6.45) is -13.4. The van der Waals surface area contributed by atoms with Crippen LogP contribution in [0.4, 0.5) is 0 Å². The first-order chi connectivity index (χ1) is 31.5. The minimum absolute atomic E-state index is 0.323. The highest BCUT2D eigenvalue weighted by atomic mass is 16.6. The van der Waals surface area contributed by atoms with E-state index >= 15 is 0 Å². The number of aliphatic hydroxyl groups is 1. The van der Waals surface area contributed by atoms with Crippen LogP contribution in [0.1, 0.15) is 63.5 Å². The van der Waals surface area contributed by atoms with E-state index in [9.17, 15) is 106 Å². The molecule has 5 aromatic rings. The summed E-state index contributed by atoms with van der Waals surface area (Å²) in [7, 11) is 0. The Kier molecular flexibility index (Phi) is 9.05. The molecule has 0 saturated carbocycles. The van der Waals surface area contributed by atoms with Crippen molar-refractivity contribution in [1.29, 1.82) is 0 Å². The third kappa shape index (κ3) is 5.68. The molecule has 26 nitrogen and oxygen atoms in total. The van der Waals surface area contributed by atoms with Gasteiger partial charge in [-0.1, -0.05) is 0 Å². The molecule has 5 heterocycles. The van der Waals surface area contributed by atoms with Crippen molar-refractivity contribution >= 4 is 29.8 Å². The average molecular weight is 935 g/mol. The monoisotopic (exact) mass is 934 g/mol. The smallest absolute Gasteiger partial charge is 0.340 e. The SMILES string of the molecule is O=C1OC[C@@H]2OC(=O)c3cc(O)c(O)c(O)c3-c3c(O)c(O)c(O)c4c3C(=O)O[C@@H]([C@H]3OC(=O)c5c-4c(O)c(O)c(O)c5[C@@H]3O)[C@@H]2OC(=O)c2cc(O)c(O)c(O)c2-c2c1cc(O)c(O)c2O. The van der Waals surface area contributed by atoms with Crippen LogP contribution in [0.15, 0.2) is 18.2 Å².